The largest absolute Gasteiger partial charge is 0.502 e. The van der Waals surface area contributed by atoms with E-state index in [9.17, 15) is 21.6 Å². The fraction of sp³-hybridized carbons (Fsp3) is 0.429. The fourth-order valence-corrected chi connectivity index (χ4v) is 4.30. The van der Waals surface area contributed by atoms with Crippen molar-refractivity contribution >= 4 is 39.0 Å². The van der Waals surface area contributed by atoms with E-state index in [4.69, 9.17) is 9.47 Å². The second-order valence-corrected chi connectivity index (χ2v) is 9.16. The van der Waals surface area contributed by atoms with Crippen LogP contribution in [0.5, 0.6) is 0 Å². The molecule has 2 rings (SSSR count). The van der Waals surface area contributed by atoms with Crippen molar-refractivity contribution in [2.45, 2.75) is 21.3 Å². The molecule has 0 aromatic carbocycles. The molecule has 0 aliphatic carbocycles. The average Bonchev–Trinajstić information content (AvgIpc) is 3.00. The number of sulfone groups is 1. The number of hydrogen-bond donors (Lipinski definition) is 0. The van der Waals surface area contributed by atoms with Crippen LogP contribution in [-0.2, 0) is 19.3 Å². The zero-order chi connectivity index (χ0) is 17.8. The van der Waals surface area contributed by atoms with Gasteiger partial charge in [-0.3, -0.25) is 0 Å². The number of rotatable bonds is 5. The van der Waals surface area contributed by atoms with Gasteiger partial charge in [0.2, 0.25) is 0 Å². The molecule has 1 aliphatic rings. The molecule has 0 amide bonds. The van der Waals surface area contributed by atoms with E-state index in [-0.39, 0.29) is 0 Å². The van der Waals surface area contributed by atoms with Crippen LogP contribution in [0.4, 0.5) is 13.2 Å². The summed E-state index contributed by atoms with van der Waals surface area (Å²) in [6.07, 6.45) is 7.94. The van der Waals surface area contributed by atoms with Crippen LogP contribution in [0.2, 0.25) is 0 Å². The van der Waals surface area contributed by atoms with E-state index >= 15 is 0 Å². The Hall–Kier alpha value is -0.810. The first-order valence-electron chi connectivity index (χ1n) is 6.76. The lowest BCUT2D eigenvalue weighted by Crippen LogP contribution is -2.32. The maximum atomic E-state index is 12.5. The molecule has 1 aliphatic heterocycles. The van der Waals surface area contributed by atoms with Gasteiger partial charge in [0.25, 0.3) is 9.84 Å². The van der Waals surface area contributed by atoms with E-state index < -0.39 is 25.8 Å². The van der Waals surface area contributed by atoms with Crippen LogP contribution in [0.1, 0.15) is 4.88 Å². The van der Waals surface area contributed by atoms with Crippen LogP contribution in [0.3, 0.4) is 0 Å². The van der Waals surface area contributed by atoms with Gasteiger partial charge in [-0.2, -0.15) is 24.9 Å². The van der Waals surface area contributed by atoms with Crippen LogP contribution >= 0.6 is 23.1 Å². The van der Waals surface area contributed by atoms with Crippen LogP contribution in [-0.4, -0.2) is 44.9 Å². The molecular formula is C14H15F3O4S3. The van der Waals surface area contributed by atoms with Gasteiger partial charge in [-0.15, -0.1) is 11.3 Å². The maximum absolute atomic E-state index is 12.5. The molecule has 1 aromatic rings. The van der Waals surface area contributed by atoms with Crippen molar-refractivity contribution < 1.29 is 31.1 Å². The first-order chi connectivity index (χ1) is 11.2. The highest BCUT2D eigenvalue weighted by Gasteiger charge is 2.47. The molecule has 1 saturated heterocycles. The van der Waals surface area contributed by atoms with Crippen molar-refractivity contribution in [1.82, 2.24) is 0 Å². The van der Waals surface area contributed by atoms with E-state index in [1.165, 1.54) is 12.1 Å². The van der Waals surface area contributed by atoms with Crippen LogP contribution < -0.4 is 0 Å². The van der Waals surface area contributed by atoms with Gasteiger partial charge in [-0.25, -0.2) is 8.42 Å². The Labute approximate surface area is 146 Å². The summed E-state index contributed by atoms with van der Waals surface area (Å²) < 4.78 is 70.1. The highest BCUT2D eigenvalue weighted by molar-refractivity contribution is 7.99. The van der Waals surface area contributed by atoms with E-state index in [2.05, 4.69) is 0 Å². The van der Waals surface area contributed by atoms with Gasteiger partial charge in [0, 0.05) is 4.88 Å². The van der Waals surface area contributed by atoms with Gasteiger partial charge in [0.15, 0.2) is 6.29 Å². The highest BCUT2D eigenvalue weighted by Crippen LogP contribution is 2.34. The molecule has 0 unspecified atom stereocenters. The van der Waals surface area contributed by atoms with Gasteiger partial charge < -0.3 is 9.47 Å². The van der Waals surface area contributed by atoms with E-state index in [0.29, 0.717) is 34.7 Å². The summed E-state index contributed by atoms with van der Waals surface area (Å²) in [5.41, 5.74) is -5.29. The number of ether oxygens (including phenoxy) is 2. The van der Waals surface area contributed by atoms with Crippen molar-refractivity contribution in [3.63, 3.8) is 0 Å². The zero-order valence-corrected chi connectivity index (χ0v) is 15.0. The number of hydrogen-bond acceptors (Lipinski definition) is 6. The highest BCUT2D eigenvalue weighted by atomic mass is 32.2. The average molecular weight is 400 g/mol. The first-order valence-corrected chi connectivity index (χ1v) is 10.3. The Morgan fingerprint density at radius 1 is 1.25 bits per heavy atom. The molecule has 0 saturated carbocycles. The standard InChI is InChI=1S/C14H15F3O4S3/c1-22-11-8-20-12(21-9-11)5-3-2-4-10-6-7-13(23-10)24(18,19)14(15,16)17/h2-7,11-12H,8-9H2,1H3/b4-2+,5-3+. The van der Waals surface area contributed by atoms with Gasteiger partial charge in [-0.1, -0.05) is 12.2 Å². The summed E-state index contributed by atoms with van der Waals surface area (Å²) in [6.45, 7) is 1.17. The van der Waals surface area contributed by atoms with Gasteiger partial charge >= 0.3 is 5.51 Å². The van der Waals surface area contributed by atoms with E-state index in [1.54, 1.807) is 30.0 Å². The number of alkyl halides is 3. The summed E-state index contributed by atoms with van der Waals surface area (Å²) in [4.78, 5) is 0.399. The predicted octanol–water partition coefficient (Wildman–Crippen LogP) is 3.72. The molecule has 1 fully saturated rings. The lowest BCUT2D eigenvalue weighted by molar-refractivity contribution is -0.146. The van der Waals surface area contributed by atoms with Crippen LogP contribution in [0.25, 0.3) is 6.08 Å². The third kappa shape index (κ3) is 4.85. The smallest absolute Gasteiger partial charge is 0.348 e. The molecular weight excluding hydrogens is 385 g/mol. The SMILES string of the molecule is CSC1COC(/C=C/C=C/c2ccc(S(=O)(=O)C(F)(F)F)s2)OC1. The van der Waals surface area contributed by atoms with E-state index in [0.717, 1.165) is 6.07 Å². The monoisotopic (exact) mass is 400 g/mol. The molecule has 4 nitrogen and oxygen atoms in total. The predicted molar refractivity (Wildman–Crippen MR) is 88.7 cm³/mol. The Morgan fingerprint density at radius 2 is 1.92 bits per heavy atom. The number of allylic oxidation sites excluding steroid dienone is 2. The topological polar surface area (TPSA) is 52.6 Å². The van der Waals surface area contributed by atoms with Gasteiger partial charge in [-0.05, 0) is 30.5 Å². The minimum Gasteiger partial charge on any atom is -0.348 e. The molecule has 1 aromatic heterocycles. The van der Waals surface area contributed by atoms with Crippen molar-refractivity contribution in [3.05, 3.63) is 35.2 Å². The lowest BCUT2D eigenvalue weighted by atomic mass is 10.3. The summed E-state index contributed by atoms with van der Waals surface area (Å²) >= 11 is 2.23. The first kappa shape index (κ1) is 19.5. The molecule has 0 radical (unpaired) electrons. The second-order valence-electron chi connectivity index (χ2n) is 4.74. The van der Waals surface area contributed by atoms with Crippen molar-refractivity contribution in [2.75, 3.05) is 19.5 Å². The zero-order valence-electron chi connectivity index (χ0n) is 12.5. The second kappa shape index (κ2) is 8.05. The van der Waals surface area contributed by atoms with Gasteiger partial charge in [0.05, 0.1) is 18.5 Å². The lowest BCUT2D eigenvalue weighted by Gasteiger charge is -2.26. The fourth-order valence-electron chi connectivity index (χ4n) is 1.74. The molecule has 10 heteroatoms. The summed E-state index contributed by atoms with van der Waals surface area (Å²) in [7, 11) is -5.29. The molecule has 134 valence electrons. The van der Waals surface area contributed by atoms with Crippen molar-refractivity contribution in [1.29, 1.82) is 0 Å². The minimum absolute atomic E-state index is 0.310. The quantitative estimate of drug-likeness (QED) is 0.706. The molecule has 2 heterocycles. The van der Waals surface area contributed by atoms with Crippen LogP contribution in [0, 0.1) is 0 Å². The maximum Gasteiger partial charge on any atom is 0.502 e. The molecule has 0 spiro atoms. The summed E-state index contributed by atoms with van der Waals surface area (Å²) in [5, 5.41) is 0.310. The minimum atomic E-state index is -5.29. The Kier molecular flexibility index (Phi) is 6.54. The molecule has 24 heavy (non-hydrogen) atoms. The number of thioether (sulfide) groups is 1. The Morgan fingerprint density at radius 3 is 2.50 bits per heavy atom. The van der Waals surface area contributed by atoms with Gasteiger partial charge in [0.1, 0.15) is 4.21 Å². The van der Waals surface area contributed by atoms with Crippen molar-refractivity contribution in [2.24, 2.45) is 0 Å². The summed E-state index contributed by atoms with van der Waals surface area (Å²) in [6, 6.07) is 2.27. The number of halogens is 3. The Balaban J connectivity index is 1.93. The normalized spacial score (nSPS) is 23.3. The molecule has 0 bridgehead atoms. The third-order valence-electron chi connectivity index (χ3n) is 3.04. The van der Waals surface area contributed by atoms with Crippen molar-refractivity contribution in [3.8, 4) is 0 Å². The third-order valence-corrected chi connectivity index (χ3v) is 7.01. The van der Waals surface area contributed by atoms with E-state index in [1.807, 2.05) is 6.26 Å². The number of thiophene rings is 1. The molecule has 0 N–H and O–H groups in total. The Bertz CT molecular complexity index is 699. The molecule has 0 atom stereocenters. The van der Waals surface area contributed by atoms with Crippen LogP contribution in [0.15, 0.2) is 34.6 Å². The summed E-state index contributed by atoms with van der Waals surface area (Å²) in [5.74, 6) is 0.